The summed E-state index contributed by atoms with van der Waals surface area (Å²) in [7, 11) is 1.69. The Labute approximate surface area is 385 Å². The van der Waals surface area contributed by atoms with Crippen LogP contribution >= 0.6 is 0 Å². The molecule has 0 saturated carbocycles. The molecule has 0 spiro atoms. The SMILES string of the molecule is C/N=C(/c1ccc2oc(N)nc2c1)c1c(N)ncnc1NCc1ccc2c(c1)CCN(C(=O)CCOCCOCCOCCOCCNC(=O)CCOCCOCCOCCOCCN)C2. The average Bonchev–Trinajstić information content (AvgIpc) is 3.71. The predicted molar refractivity (Wildman–Crippen MR) is 247 cm³/mol. The lowest BCUT2D eigenvalue weighted by atomic mass is 9.97. The zero-order chi connectivity index (χ0) is 46.6. The Bertz CT molecular complexity index is 2090. The van der Waals surface area contributed by atoms with Gasteiger partial charge in [-0.1, -0.05) is 18.2 Å². The first-order valence-corrected chi connectivity index (χ1v) is 22.3. The molecule has 0 unspecified atom stereocenters. The number of nitrogen functional groups attached to an aromatic ring is 2. The molecule has 0 saturated heterocycles. The van der Waals surface area contributed by atoms with E-state index < -0.39 is 0 Å². The highest BCUT2D eigenvalue weighted by atomic mass is 16.6. The van der Waals surface area contributed by atoms with Crippen LogP contribution in [0.1, 0.15) is 40.7 Å². The molecule has 66 heavy (non-hydrogen) atoms. The molecule has 1 aliphatic heterocycles. The van der Waals surface area contributed by atoms with Crippen molar-refractivity contribution in [3.63, 3.8) is 0 Å². The van der Waals surface area contributed by atoms with Gasteiger partial charge in [0, 0.05) is 51.8 Å². The van der Waals surface area contributed by atoms with E-state index in [1.807, 2.05) is 17.0 Å². The fraction of sp³-hybridized carbons (Fsp3) is 0.556. The number of nitrogens with one attached hydrogen (secondary N) is 2. The number of hydrogen-bond acceptors (Lipinski definition) is 19. The van der Waals surface area contributed by atoms with Crippen molar-refractivity contribution in [2.45, 2.75) is 32.4 Å². The van der Waals surface area contributed by atoms with E-state index in [0.717, 1.165) is 23.1 Å². The van der Waals surface area contributed by atoms with Crippen molar-refractivity contribution in [1.82, 2.24) is 25.2 Å². The molecule has 0 atom stereocenters. The molecule has 5 rings (SSSR count). The predicted octanol–water partition coefficient (Wildman–Crippen LogP) is 1.73. The van der Waals surface area contributed by atoms with Crippen LogP contribution in [-0.4, -0.2) is 170 Å². The molecule has 2 aromatic carbocycles. The third-order valence-corrected chi connectivity index (χ3v) is 10.1. The van der Waals surface area contributed by atoms with Crippen molar-refractivity contribution in [3.8, 4) is 0 Å². The number of nitrogens with two attached hydrogens (primary N) is 3. The molecule has 0 radical (unpaired) electrons. The van der Waals surface area contributed by atoms with Gasteiger partial charge in [0.2, 0.25) is 11.8 Å². The summed E-state index contributed by atoms with van der Waals surface area (Å²) in [6.45, 7) is 9.41. The topological polar surface area (TPSA) is 278 Å². The van der Waals surface area contributed by atoms with Crippen LogP contribution in [0.3, 0.4) is 0 Å². The maximum atomic E-state index is 13.0. The van der Waals surface area contributed by atoms with Gasteiger partial charge in [0.05, 0.1) is 123 Å². The molecule has 2 aromatic heterocycles. The molecular weight excluding hydrogens is 857 g/mol. The summed E-state index contributed by atoms with van der Waals surface area (Å²) in [5.41, 5.74) is 24.0. The number of benzene rings is 2. The number of hydrogen-bond donors (Lipinski definition) is 5. The minimum Gasteiger partial charge on any atom is -0.424 e. The number of nitrogens with zero attached hydrogens (tertiary/aromatic N) is 5. The largest absolute Gasteiger partial charge is 0.424 e. The fourth-order valence-corrected chi connectivity index (χ4v) is 6.80. The van der Waals surface area contributed by atoms with Crippen molar-refractivity contribution >= 4 is 46.3 Å². The molecule has 21 heteroatoms. The van der Waals surface area contributed by atoms with Crippen LogP contribution in [0, 0.1) is 0 Å². The normalized spacial score (nSPS) is 12.8. The van der Waals surface area contributed by atoms with Gasteiger partial charge in [-0.3, -0.25) is 14.6 Å². The Balaban J connectivity index is 0.838. The molecule has 8 N–H and O–H groups in total. The highest BCUT2D eigenvalue weighted by Gasteiger charge is 2.22. The first kappa shape index (κ1) is 51.6. The number of aromatic nitrogens is 3. The number of anilines is 3. The minimum absolute atomic E-state index is 0.0569. The van der Waals surface area contributed by atoms with Crippen molar-refractivity contribution in [1.29, 1.82) is 0 Å². The summed E-state index contributed by atoms with van der Waals surface area (Å²) < 4.78 is 49.1. The summed E-state index contributed by atoms with van der Waals surface area (Å²) in [6, 6.07) is 11.9. The van der Waals surface area contributed by atoms with Crippen LogP contribution in [0.4, 0.5) is 17.7 Å². The Morgan fingerprint density at radius 1 is 0.742 bits per heavy atom. The number of aliphatic imine (C=N–C) groups is 1. The molecular formula is C45H66N10O11. The van der Waals surface area contributed by atoms with E-state index in [1.165, 1.54) is 11.9 Å². The van der Waals surface area contributed by atoms with Gasteiger partial charge < -0.3 is 75.0 Å². The van der Waals surface area contributed by atoms with Gasteiger partial charge in [0.25, 0.3) is 6.01 Å². The number of amides is 2. The van der Waals surface area contributed by atoms with E-state index in [2.05, 4.69) is 48.8 Å². The second kappa shape index (κ2) is 30.0. The molecule has 362 valence electrons. The van der Waals surface area contributed by atoms with Gasteiger partial charge in [-0.05, 0) is 41.3 Å². The van der Waals surface area contributed by atoms with Gasteiger partial charge in [-0.2, -0.15) is 4.98 Å². The van der Waals surface area contributed by atoms with Crippen LogP contribution in [0.25, 0.3) is 11.1 Å². The summed E-state index contributed by atoms with van der Waals surface area (Å²) in [5.74, 6) is 0.795. The molecule has 1 aliphatic rings. The van der Waals surface area contributed by atoms with Crippen molar-refractivity contribution in [3.05, 3.63) is 70.5 Å². The smallest absolute Gasteiger partial charge is 0.292 e. The van der Waals surface area contributed by atoms with Gasteiger partial charge in [-0.15, -0.1) is 0 Å². The van der Waals surface area contributed by atoms with Gasteiger partial charge >= 0.3 is 0 Å². The Morgan fingerprint density at radius 2 is 1.36 bits per heavy atom. The van der Waals surface area contributed by atoms with E-state index >= 15 is 0 Å². The second-order valence-corrected chi connectivity index (χ2v) is 14.8. The van der Waals surface area contributed by atoms with Crippen LogP contribution in [0.5, 0.6) is 0 Å². The van der Waals surface area contributed by atoms with Gasteiger partial charge in [-0.25, -0.2) is 9.97 Å². The molecule has 4 aromatic rings. The van der Waals surface area contributed by atoms with E-state index in [0.29, 0.717) is 173 Å². The van der Waals surface area contributed by atoms with E-state index in [-0.39, 0.29) is 30.1 Å². The molecule has 0 fully saturated rings. The zero-order valence-corrected chi connectivity index (χ0v) is 38.0. The summed E-state index contributed by atoms with van der Waals surface area (Å²) >= 11 is 0. The maximum absolute atomic E-state index is 13.0. The van der Waals surface area contributed by atoms with Gasteiger partial charge in [0.1, 0.15) is 23.5 Å². The Morgan fingerprint density at radius 3 is 2.02 bits per heavy atom. The van der Waals surface area contributed by atoms with Crippen LogP contribution in [-0.2, 0) is 67.0 Å². The Hall–Kier alpha value is -5.36. The van der Waals surface area contributed by atoms with Crippen LogP contribution in [0.15, 0.2) is 52.1 Å². The first-order chi connectivity index (χ1) is 32.4. The number of ether oxygens (including phenoxy) is 8. The van der Waals surface area contributed by atoms with Crippen molar-refractivity contribution < 1.29 is 51.9 Å². The second-order valence-electron chi connectivity index (χ2n) is 14.8. The van der Waals surface area contributed by atoms with Gasteiger partial charge in [0.15, 0.2) is 5.58 Å². The summed E-state index contributed by atoms with van der Waals surface area (Å²) in [6.07, 6.45) is 2.74. The third kappa shape index (κ3) is 18.1. The molecule has 0 bridgehead atoms. The number of oxazole rings is 1. The van der Waals surface area contributed by atoms with E-state index in [9.17, 15) is 9.59 Å². The van der Waals surface area contributed by atoms with Crippen molar-refractivity contribution in [2.24, 2.45) is 10.7 Å². The number of carbonyl (C=O) groups is 2. The molecule has 21 nitrogen and oxygen atoms in total. The monoisotopic (exact) mass is 922 g/mol. The standard InChI is InChI=1S/C45H66N10O11/c1-49-42(35-4-5-38-37(29-35)54-45(48)66-38)41-43(47)52-32-53-44(41)51-30-33-2-3-36-31-55(11-6-34(36)28-33)40(57)8-13-59-17-21-63-25-27-65-23-19-61-15-10-50-39(56)7-12-58-16-20-62-24-26-64-22-18-60-14-9-46/h2-5,28-29,32H,6-27,30-31,46H2,1H3,(H2,48,54)(H,50,56)(H3,47,51,52,53)/b49-42-. The highest BCUT2D eigenvalue weighted by molar-refractivity contribution is 6.18. The molecule has 2 amide bonds. The number of fused-ring (bicyclic) bond motifs is 2. The first-order valence-electron chi connectivity index (χ1n) is 22.3. The lowest BCUT2D eigenvalue weighted by molar-refractivity contribution is -0.133. The summed E-state index contributed by atoms with van der Waals surface area (Å²) in [4.78, 5) is 44.3. The summed E-state index contributed by atoms with van der Waals surface area (Å²) in [5, 5.41) is 6.22. The van der Waals surface area contributed by atoms with Crippen LogP contribution < -0.4 is 27.8 Å². The third-order valence-electron chi connectivity index (χ3n) is 10.1. The molecule has 0 aliphatic carbocycles. The lowest BCUT2D eigenvalue weighted by Gasteiger charge is -2.29. The Kier molecular flexibility index (Phi) is 23.5. The fourth-order valence-electron chi connectivity index (χ4n) is 6.80. The number of rotatable bonds is 34. The molecule has 3 heterocycles. The van der Waals surface area contributed by atoms with Crippen molar-refractivity contribution in [2.75, 3.05) is 149 Å². The average molecular weight is 923 g/mol. The van der Waals surface area contributed by atoms with E-state index in [1.54, 1.807) is 13.1 Å². The quantitative estimate of drug-likeness (QED) is 0.0330. The number of carbonyl (C=O) groups excluding carboxylic acids is 2. The minimum atomic E-state index is -0.101. The maximum Gasteiger partial charge on any atom is 0.292 e. The van der Waals surface area contributed by atoms with E-state index in [4.69, 9.17) is 59.5 Å². The highest BCUT2D eigenvalue weighted by Crippen LogP contribution is 2.27. The lowest BCUT2D eigenvalue weighted by Crippen LogP contribution is -2.36. The zero-order valence-electron chi connectivity index (χ0n) is 38.0. The van der Waals surface area contributed by atoms with Crippen LogP contribution in [0.2, 0.25) is 0 Å².